The van der Waals surface area contributed by atoms with Crippen LogP contribution < -0.4 is 5.73 Å². The molecule has 0 aromatic carbocycles. The Balaban J connectivity index is 3.27. The minimum atomic E-state index is 0.370. The van der Waals surface area contributed by atoms with Crippen LogP contribution in [0, 0.1) is 0 Å². The van der Waals surface area contributed by atoms with Crippen molar-refractivity contribution >= 4 is 0 Å². The Morgan fingerprint density at radius 2 is 2.00 bits per heavy atom. The van der Waals surface area contributed by atoms with Gasteiger partial charge in [0.25, 0.3) is 0 Å². The standard InChI is InChI=1S/C8H20N2/c1-4-6-8(9)7-10(3)5-2/h8H,4-7,9H2,1-3H3. The van der Waals surface area contributed by atoms with Crippen molar-refractivity contribution in [1.29, 1.82) is 0 Å². The summed E-state index contributed by atoms with van der Waals surface area (Å²) in [6.07, 6.45) is 2.34. The van der Waals surface area contributed by atoms with Crippen LogP contribution in [0.3, 0.4) is 0 Å². The highest BCUT2D eigenvalue weighted by molar-refractivity contribution is 4.63. The number of hydrogen-bond acceptors (Lipinski definition) is 2. The maximum atomic E-state index is 5.82. The first-order valence-electron chi connectivity index (χ1n) is 4.14. The monoisotopic (exact) mass is 144 g/mol. The minimum absolute atomic E-state index is 0.370. The molecule has 2 heteroatoms. The van der Waals surface area contributed by atoms with Crippen LogP contribution >= 0.6 is 0 Å². The average Bonchev–Trinajstić information content (AvgIpc) is 1.88. The second kappa shape index (κ2) is 5.69. The molecule has 62 valence electrons. The highest BCUT2D eigenvalue weighted by Gasteiger charge is 2.02. The van der Waals surface area contributed by atoms with Crippen molar-refractivity contribution in [3.05, 3.63) is 0 Å². The van der Waals surface area contributed by atoms with E-state index in [9.17, 15) is 0 Å². The molecule has 1 unspecified atom stereocenters. The third-order valence-electron chi connectivity index (χ3n) is 1.75. The van der Waals surface area contributed by atoms with Crippen molar-refractivity contribution in [1.82, 2.24) is 4.90 Å². The third-order valence-corrected chi connectivity index (χ3v) is 1.75. The molecule has 10 heavy (non-hydrogen) atoms. The molecule has 0 aromatic rings. The van der Waals surface area contributed by atoms with Crippen LogP contribution in [-0.2, 0) is 0 Å². The van der Waals surface area contributed by atoms with Gasteiger partial charge < -0.3 is 10.6 Å². The van der Waals surface area contributed by atoms with E-state index in [0.29, 0.717) is 6.04 Å². The Morgan fingerprint density at radius 1 is 1.40 bits per heavy atom. The first kappa shape index (κ1) is 9.92. The summed E-state index contributed by atoms with van der Waals surface area (Å²) >= 11 is 0. The molecule has 0 aliphatic rings. The van der Waals surface area contributed by atoms with E-state index >= 15 is 0 Å². The lowest BCUT2D eigenvalue weighted by molar-refractivity contribution is 0.319. The predicted octanol–water partition coefficient (Wildman–Crippen LogP) is 1.07. The third kappa shape index (κ3) is 4.77. The van der Waals surface area contributed by atoms with Gasteiger partial charge in [-0.05, 0) is 20.0 Å². The molecule has 0 saturated heterocycles. The molecular formula is C8H20N2. The Hall–Kier alpha value is -0.0800. The van der Waals surface area contributed by atoms with Crippen molar-refractivity contribution in [2.75, 3.05) is 20.1 Å². The summed E-state index contributed by atoms with van der Waals surface area (Å²) in [5.41, 5.74) is 5.82. The first-order valence-corrected chi connectivity index (χ1v) is 4.14. The van der Waals surface area contributed by atoms with Gasteiger partial charge in [0.2, 0.25) is 0 Å². The van der Waals surface area contributed by atoms with E-state index in [1.807, 2.05) is 0 Å². The number of rotatable bonds is 5. The number of hydrogen-bond donors (Lipinski definition) is 1. The zero-order valence-electron chi connectivity index (χ0n) is 7.43. The molecule has 0 aliphatic carbocycles. The lowest BCUT2D eigenvalue weighted by Crippen LogP contribution is -2.34. The van der Waals surface area contributed by atoms with Crippen LogP contribution in [0.1, 0.15) is 26.7 Å². The van der Waals surface area contributed by atoms with Gasteiger partial charge in [-0.15, -0.1) is 0 Å². The highest BCUT2D eigenvalue weighted by atomic mass is 15.1. The average molecular weight is 144 g/mol. The van der Waals surface area contributed by atoms with E-state index in [0.717, 1.165) is 19.5 Å². The molecule has 0 amide bonds. The summed E-state index contributed by atoms with van der Waals surface area (Å²) in [5.74, 6) is 0. The summed E-state index contributed by atoms with van der Waals surface area (Å²) in [7, 11) is 2.11. The van der Waals surface area contributed by atoms with E-state index in [1.165, 1.54) is 6.42 Å². The molecule has 0 rings (SSSR count). The Labute approximate surface area is 64.4 Å². The Morgan fingerprint density at radius 3 is 2.40 bits per heavy atom. The van der Waals surface area contributed by atoms with E-state index in [-0.39, 0.29) is 0 Å². The quantitative estimate of drug-likeness (QED) is 0.625. The topological polar surface area (TPSA) is 29.3 Å². The molecular weight excluding hydrogens is 124 g/mol. The summed E-state index contributed by atoms with van der Waals surface area (Å²) in [6.45, 7) is 6.45. The normalized spacial score (nSPS) is 14.1. The van der Waals surface area contributed by atoms with Gasteiger partial charge in [-0.2, -0.15) is 0 Å². The Kier molecular flexibility index (Phi) is 5.64. The SMILES string of the molecule is CCCC(N)CN(C)CC. The van der Waals surface area contributed by atoms with Crippen molar-refractivity contribution in [3.8, 4) is 0 Å². The van der Waals surface area contributed by atoms with E-state index < -0.39 is 0 Å². The predicted molar refractivity (Wildman–Crippen MR) is 46.1 cm³/mol. The second-order valence-corrected chi connectivity index (χ2v) is 2.90. The van der Waals surface area contributed by atoms with E-state index in [1.54, 1.807) is 0 Å². The first-order chi connectivity index (χ1) is 4.70. The fraction of sp³-hybridized carbons (Fsp3) is 1.00. The van der Waals surface area contributed by atoms with Crippen molar-refractivity contribution in [3.63, 3.8) is 0 Å². The number of likely N-dealkylation sites (N-methyl/N-ethyl adjacent to an activating group) is 1. The van der Waals surface area contributed by atoms with Crippen LogP contribution in [0.4, 0.5) is 0 Å². The van der Waals surface area contributed by atoms with Gasteiger partial charge in [-0.3, -0.25) is 0 Å². The van der Waals surface area contributed by atoms with E-state index in [4.69, 9.17) is 5.73 Å². The molecule has 0 radical (unpaired) electrons. The van der Waals surface area contributed by atoms with E-state index in [2.05, 4.69) is 25.8 Å². The summed E-state index contributed by atoms with van der Waals surface area (Å²) in [6, 6.07) is 0.370. The van der Waals surface area contributed by atoms with Gasteiger partial charge in [0.15, 0.2) is 0 Å². The van der Waals surface area contributed by atoms with Gasteiger partial charge >= 0.3 is 0 Å². The molecule has 2 nitrogen and oxygen atoms in total. The van der Waals surface area contributed by atoms with Crippen LogP contribution in [0.25, 0.3) is 0 Å². The largest absolute Gasteiger partial charge is 0.327 e. The molecule has 0 bridgehead atoms. The van der Waals surface area contributed by atoms with Crippen molar-refractivity contribution in [2.45, 2.75) is 32.7 Å². The highest BCUT2D eigenvalue weighted by Crippen LogP contribution is 1.94. The van der Waals surface area contributed by atoms with Gasteiger partial charge in [-0.25, -0.2) is 0 Å². The van der Waals surface area contributed by atoms with Crippen LogP contribution in [0.15, 0.2) is 0 Å². The zero-order chi connectivity index (χ0) is 7.98. The fourth-order valence-corrected chi connectivity index (χ4v) is 0.992. The van der Waals surface area contributed by atoms with Crippen LogP contribution in [0.5, 0.6) is 0 Å². The molecule has 1 atom stereocenters. The van der Waals surface area contributed by atoms with Gasteiger partial charge in [0.1, 0.15) is 0 Å². The van der Waals surface area contributed by atoms with Gasteiger partial charge in [0.05, 0.1) is 0 Å². The number of nitrogens with two attached hydrogens (primary N) is 1. The lowest BCUT2D eigenvalue weighted by Gasteiger charge is -2.18. The summed E-state index contributed by atoms with van der Waals surface area (Å²) in [4.78, 5) is 2.25. The molecule has 2 N–H and O–H groups in total. The van der Waals surface area contributed by atoms with Crippen LogP contribution in [-0.4, -0.2) is 31.1 Å². The zero-order valence-corrected chi connectivity index (χ0v) is 7.43. The Bertz CT molecular complexity index is 73.7. The second-order valence-electron chi connectivity index (χ2n) is 2.90. The summed E-state index contributed by atoms with van der Waals surface area (Å²) < 4.78 is 0. The number of nitrogens with zero attached hydrogens (tertiary/aromatic N) is 1. The maximum absolute atomic E-state index is 5.82. The van der Waals surface area contributed by atoms with Crippen molar-refractivity contribution in [2.24, 2.45) is 5.73 Å². The molecule has 0 aromatic heterocycles. The van der Waals surface area contributed by atoms with Gasteiger partial charge in [0, 0.05) is 12.6 Å². The van der Waals surface area contributed by atoms with Gasteiger partial charge in [-0.1, -0.05) is 20.3 Å². The fourth-order valence-electron chi connectivity index (χ4n) is 0.992. The van der Waals surface area contributed by atoms with Crippen molar-refractivity contribution < 1.29 is 0 Å². The molecule has 0 fully saturated rings. The summed E-state index contributed by atoms with van der Waals surface area (Å²) in [5, 5.41) is 0. The maximum Gasteiger partial charge on any atom is 0.0167 e. The molecule has 0 aliphatic heterocycles. The van der Waals surface area contributed by atoms with Crippen LogP contribution in [0.2, 0.25) is 0 Å². The molecule has 0 spiro atoms. The lowest BCUT2D eigenvalue weighted by atomic mass is 10.2. The molecule has 0 saturated carbocycles. The minimum Gasteiger partial charge on any atom is -0.327 e. The molecule has 0 heterocycles. The smallest absolute Gasteiger partial charge is 0.0167 e.